The summed E-state index contributed by atoms with van der Waals surface area (Å²) in [7, 11) is 3.10. The number of aromatic nitrogens is 1. The van der Waals surface area contributed by atoms with Crippen molar-refractivity contribution >= 4 is 33.8 Å². The number of hydrogen-bond donors (Lipinski definition) is 2. The zero-order valence-corrected chi connectivity index (χ0v) is 16.6. The van der Waals surface area contributed by atoms with Crippen molar-refractivity contribution < 1.29 is 19.0 Å². The minimum Gasteiger partial charge on any atom is -0.497 e. The highest BCUT2D eigenvalue weighted by Crippen LogP contribution is 2.30. The van der Waals surface area contributed by atoms with Gasteiger partial charge in [0.1, 0.15) is 22.9 Å². The van der Waals surface area contributed by atoms with Crippen molar-refractivity contribution in [2.24, 2.45) is 0 Å². The third-order valence-electron chi connectivity index (χ3n) is 3.81. The Bertz CT molecular complexity index is 941. The van der Waals surface area contributed by atoms with E-state index in [1.165, 1.54) is 18.4 Å². The second kappa shape index (κ2) is 9.09. The fourth-order valence-corrected chi connectivity index (χ4v) is 3.16. The first-order chi connectivity index (χ1) is 13.6. The average molecular weight is 399 g/mol. The van der Waals surface area contributed by atoms with Gasteiger partial charge in [0.05, 0.1) is 26.5 Å². The number of methoxy groups -OCH3 is 2. The molecule has 0 atom stereocenters. The molecule has 2 aromatic carbocycles. The smallest absolute Gasteiger partial charge is 0.275 e. The van der Waals surface area contributed by atoms with E-state index in [9.17, 15) is 4.79 Å². The molecule has 1 heterocycles. The number of nitrogens with zero attached hydrogens (tertiary/aromatic N) is 1. The first kappa shape index (κ1) is 19.5. The molecule has 0 spiro atoms. The van der Waals surface area contributed by atoms with Crippen LogP contribution in [0.15, 0.2) is 47.8 Å². The molecule has 7 nitrogen and oxygen atoms in total. The second-order valence-corrected chi connectivity index (χ2v) is 6.50. The summed E-state index contributed by atoms with van der Waals surface area (Å²) < 4.78 is 15.9. The predicted octanol–water partition coefficient (Wildman–Crippen LogP) is 4.55. The lowest BCUT2D eigenvalue weighted by Crippen LogP contribution is -2.13. The Morgan fingerprint density at radius 2 is 1.82 bits per heavy atom. The van der Waals surface area contributed by atoms with Gasteiger partial charge in [-0.2, -0.15) is 0 Å². The Morgan fingerprint density at radius 3 is 2.50 bits per heavy atom. The van der Waals surface area contributed by atoms with Crippen LogP contribution >= 0.6 is 11.3 Å². The molecule has 3 rings (SSSR count). The van der Waals surface area contributed by atoms with Gasteiger partial charge in [0, 0.05) is 17.1 Å². The number of carbonyl (C=O) groups excluding carboxylic acids is 1. The second-order valence-electron chi connectivity index (χ2n) is 5.64. The lowest BCUT2D eigenvalue weighted by atomic mass is 10.2. The van der Waals surface area contributed by atoms with Gasteiger partial charge in [-0.25, -0.2) is 4.98 Å². The van der Waals surface area contributed by atoms with Crippen molar-refractivity contribution in [3.8, 4) is 17.2 Å². The molecule has 1 aromatic heterocycles. The van der Waals surface area contributed by atoms with Crippen molar-refractivity contribution in [1.82, 2.24) is 4.98 Å². The summed E-state index contributed by atoms with van der Waals surface area (Å²) >= 11 is 1.35. The third kappa shape index (κ3) is 4.72. The standard InChI is InChI=1S/C20H21N3O4S/c1-4-27-14-7-5-13(6-8-14)21-20-23-17(12-28-20)19(24)22-16-10-9-15(25-2)11-18(16)26-3/h5-12H,4H2,1-3H3,(H,21,23)(H,22,24). The largest absolute Gasteiger partial charge is 0.497 e. The Balaban J connectivity index is 1.67. The highest BCUT2D eigenvalue weighted by molar-refractivity contribution is 7.14. The SMILES string of the molecule is CCOc1ccc(Nc2nc(C(=O)Nc3ccc(OC)cc3OC)cs2)cc1. The molecule has 0 aliphatic heterocycles. The maximum Gasteiger partial charge on any atom is 0.275 e. The first-order valence-corrected chi connectivity index (χ1v) is 9.49. The summed E-state index contributed by atoms with van der Waals surface area (Å²) in [5.41, 5.74) is 1.72. The molecule has 3 aromatic rings. The van der Waals surface area contributed by atoms with E-state index in [-0.39, 0.29) is 5.91 Å². The molecule has 146 valence electrons. The van der Waals surface area contributed by atoms with E-state index in [0.717, 1.165) is 11.4 Å². The van der Waals surface area contributed by atoms with E-state index in [2.05, 4.69) is 15.6 Å². The normalized spacial score (nSPS) is 10.2. The quantitative estimate of drug-likeness (QED) is 0.578. The van der Waals surface area contributed by atoms with Gasteiger partial charge < -0.3 is 24.8 Å². The first-order valence-electron chi connectivity index (χ1n) is 8.61. The minimum absolute atomic E-state index is 0.316. The molecule has 28 heavy (non-hydrogen) atoms. The van der Waals surface area contributed by atoms with Crippen molar-refractivity contribution in [3.63, 3.8) is 0 Å². The van der Waals surface area contributed by atoms with E-state index in [1.807, 2.05) is 31.2 Å². The Kier molecular flexibility index (Phi) is 6.33. The fourth-order valence-electron chi connectivity index (χ4n) is 2.45. The molecule has 0 aliphatic rings. The number of anilines is 3. The summed E-state index contributed by atoms with van der Waals surface area (Å²) in [6.07, 6.45) is 0. The Labute approximate surface area is 167 Å². The van der Waals surface area contributed by atoms with Crippen LogP contribution < -0.4 is 24.8 Å². The van der Waals surface area contributed by atoms with Gasteiger partial charge in [-0.3, -0.25) is 4.79 Å². The van der Waals surface area contributed by atoms with Gasteiger partial charge in [-0.15, -0.1) is 11.3 Å². The number of benzene rings is 2. The van der Waals surface area contributed by atoms with E-state index in [4.69, 9.17) is 14.2 Å². The lowest BCUT2D eigenvalue weighted by molar-refractivity contribution is 0.102. The number of thiazole rings is 1. The molecule has 2 N–H and O–H groups in total. The van der Waals surface area contributed by atoms with Crippen LogP contribution in [-0.4, -0.2) is 31.7 Å². The van der Waals surface area contributed by atoms with E-state index in [1.54, 1.807) is 30.7 Å². The van der Waals surface area contributed by atoms with Crippen LogP contribution in [-0.2, 0) is 0 Å². The van der Waals surface area contributed by atoms with Crippen LogP contribution in [0.25, 0.3) is 0 Å². The molecular weight excluding hydrogens is 378 g/mol. The number of amides is 1. The number of rotatable bonds is 8. The summed E-state index contributed by atoms with van der Waals surface area (Å²) in [5.74, 6) is 1.64. The van der Waals surface area contributed by atoms with E-state index < -0.39 is 0 Å². The number of hydrogen-bond acceptors (Lipinski definition) is 7. The molecule has 8 heteroatoms. The van der Waals surface area contributed by atoms with Crippen molar-refractivity contribution in [1.29, 1.82) is 0 Å². The number of carbonyl (C=O) groups is 1. The van der Waals surface area contributed by atoms with Crippen LogP contribution in [0.3, 0.4) is 0 Å². The van der Waals surface area contributed by atoms with Gasteiger partial charge in [0.25, 0.3) is 5.91 Å². The highest BCUT2D eigenvalue weighted by atomic mass is 32.1. The molecule has 0 aliphatic carbocycles. The molecule has 0 saturated carbocycles. The van der Waals surface area contributed by atoms with Crippen LogP contribution in [0.4, 0.5) is 16.5 Å². The van der Waals surface area contributed by atoms with Gasteiger partial charge in [0.2, 0.25) is 0 Å². The number of nitrogens with one attached hydrogen (secondary N) is 2. The van der Waals surface area contributed by atoms with Crippen molar-refractivity contribution in [2.75, 3.05) is 31.5 Å². The van der Waals surface area contributed by atoms with Crippen molar-refractivity contribution in [2.45, 2.75) is 6.92 Å². The number of ether oxygens (including phenoxy) is 3. The zero-order valence-electron chi connectivity index (χ0n) is 15.8. The molecular formula is C20H21N3O4S. The summed E-state index contributed by atoms with van der Waals surface area (Å²) in [4.78, 5) is 16.9. The molecule has 0 fully saturated rings. The van der Waals surface area contributed by atoms with Gasteiger partial charge in [-0.1, -0.05) is 0 Å². The topological polar surface area (TPSA) is 81.7 Å². The van der Waals surface area contributed by atoms with Gasteiger partial charge >= 0.3 is 0 Å². The van der Waals surface area contributed by atoms with Crippen molar-refractivity contribution in [3.05, 3.63) is 53.5 Å². The van der Waals surface area contributed by atoms with Gasteiger partial charge in [0.15, 0.2) is 5.13 Å². The van der Waals surface area contributed by atoms with Gasteiger partial charge in [-0.05, 0) is 43.3 Å². The van der Waals surface area contributed by atoms with E-state index in [0.29, 0.717) is 34.6 Å². The summed E-state index contributed by atoms with van der Waals surface area (Å²) in [6, 6.07) is 12.7. The molecule has 0 saturated heterocycles. The highest BCUT2D eigenvalue weighted by Gasteiger charge is 2.14. The summed E-state index contributed by atoms with van der Waals surface area (Å²) in [6.45, 7) is 2.56. The zero-order chi connectivity index (χ0) is 19.9. The predicted molar refractivity (Wildman–Crippen MR) is 111 cm³/mol. The third-order valence-corrected chi connectivity index (χ3v) is 4.57. The van der Waals surface area contributed by atoms with Crippen LogP contribution in [0, 0.1) is 0 Å². The lowest BCUT2D eigenvalue weighted by Gasteiger charge is -2.10. The molecule has 0 unspecified atom stereocenters. The maximum atomic E-state index is 12.5. The monoisotopic (exact) mass is 399 g/mol. The van der Waals surface area contributed by atoms with Crippen LogP contribution in [0.1, 0.15) is 17.4 Å². The van der Waals surface area contributed by atoms with Crippen LogP contribution in [0.2, 0.25) is 0 Å². The van der Waals surface area contributed by atoms with Crippen LogP contribution in [0.5, 0.6) is 17.2 Å². The summed E-state index contributed by atoms with van der Waals surface area (Å²) in [5, 5.41) is 8.31. The van der Waals surface area contributed by atoms with E-state index >= 15 is 0 Å². The molecule has 0 radical (unpaired) electrons. The molecule has 1 amide bonds. The Hall–Kier alpha value is -3.26. The fraction of sp³-hybridized carbons (Fsp3) is 0.200. The minimum atomic E-state index is -0.320. The molecule has 0 bridgehead atoms. The average Bonchev–Trinajstić information content (AvgIpc) is 3.18. The maximum absolute atomic E-state index is 12.5. The Morgan fingerprint density at radius 1 is 1.07 bits per heavy atom.